The Morgan fingerprint density at radius 3 is 2.48 bits per heavy atom. The molecule has 0 fully saturated rings. The van der Waals surface area contributed by atoms with Gasteiger partial charge in [-0.05, 0) is 25.1 Å². The maximum atomic E-state index is 13.6. The summed E-state index contributed by atoms with van der Waals surface area (Å²) in [5, 5.41) is 16.6. The number of nitrogens with zero attached hydrogens (tertiary/aromatic N) is 3. The fourth-order valence-corrected chi connectivity index (χ4v) is 2.53. The van der Waals surface area contributed by atoms with Crippen LogP contribution in [0.25, 0.3) is 0 Å². The second kappa shape index (κ2) is 7.69. The Hall–Kier alpha value is -3.17. The van der Waals surface area contributed by atoms with Gasteiger partial charge in [-0.3, -0.25) is 4.79 Å². The molecule has 0 saturated carbocycles. The summed E-state index contributed by atoms with van der Waals surface area (Å²) in [5.41, 5.74) is -6.32. The van der Waals surface area contributed by atoms with E-state index in [1.807, 2.05) is 0 Å². The first kappa shape index (κ1) is 22.1. The van der Waals surface area contributed by atoms with Crippen molar-refractivity contribution in [3.8, 4) is 6.07 Å². The van der Waals surface area contributed by atoms with E-state index in [0.717, 1.165) is 6.07 Å². The van der Waals surface area contributed by atoms with E-state index in [9.17, 15) is 35.9 Å². The van der Waals surface area contributed by atoms with E-state index in [4.69, 9.17) is 5.26 Å². The number of alkyl halides is 6. The van der Waals surface area contributed by atoms with E-state index >= 15 is 0 Å². The number of hydrogen-bond donors (Lipinski definition) is 1. The summed E-state index contributed by atoms with van der Waals surface area (Å²) in [5.74, 6) is -2.94. The number of carbonyl (C=O) groups excluding carboxylic acids is 2. The zero-order chi connectivity index (χ0) is 22.0. The standard InChI is InChI=1S/C16H12F6N4O3/c1-2-29-12(27)11-6-14(26-25-11,16(20,21)22)13(28)24-9-4-3-8(7-23)10(5-9)15(17,18)19/h3-5,11H,2,6H2,1H3,(H,24,28). The molecule has 1 aromatic carbocycles. The first-order chi connectivity index (χ1) is 13.4. The van der Waals surface area contributed by atoms with Gasteiger partial charge >= 0.3 is 18.3 Å². The number of hydrogen-bond acceptors (Lipinski definition) is 6. The second-order valence-electron chi connectivity index (χ2n) is 5.87. The Balaban J connectivity index is 2.36. The van der Waals surface area contributed by atoms with Gasteiger partial charge in [0.25, 0.3) is 11.4 Å². The van der Waals surface area contributed by atoms with Crippen molar-refractivity contribution in [2.75, 3.05) is 11.9 Å². The Bertz CT molecular complexity index is 890. The molecule has 7 nitrogen and oxygen atoms in total. The van der Waals surface area contributed by atoms with Gasteiger partial charge < -0.3 is 10.1 Å². The van der Waals surface area contributed by atoms with Gasteiger partial charge in [0.2, 0.25) is 0 Å². The molecule has 0 saturated heterocycles. The minimum Gasteiger partial charge on any atom is -0.464 e. The van der Waals surface area contributed by atoms with Gasteiger partial charge in [-0.25, -0.2) is 4.79 Å². The molecular weight excluding hydrogens is 410 g/mol. The van der Waals surface area contributed by atoms with Gasteiger partial charge in [-0.1, -0.05) is 0 Å². The minimum absolute atomic E-state index is 0.137. The lowest BCUT2D eigenvalue weighted by Gasteiger charge is -2.26. The lowest BCUT2D eigenvalue weighted by atomic mass is 9.91. The third-order valence-corrected chi connectivity index (χ3v) is 3.96. The fourth-order valence-electron chi connectivity index (χ4n) is 2.53. The van der Waals surface area contributed by atoms with Crippen LogP contribution in [-0.4, -0.2) is 36.2 Å². The van der Waals surface area contributed by atoms with E-state index in [-0.39, 0.29) is 6.61 Å². The first-order valence-electron chi connectivity index (χ1n) is 7.94. The van der Waals surface area contributed by atoms with Crippen LogP contribution in [0.15, 0.2) is 28.4 Å². The van der Waals surface area contributed by atoms with E-state index in [1.165, 1.54) is 13.0 Å². The molecule has 0 aromatic heterocycles. The van der Waals surface area contributed by atoms with Crippen LogP contribution < -0.4 is 5.32 Å². The number of halogens is 6. The van der Waals surface area contributed by atoms with Crippen LogP contribution in [0.5, 0.6) is 0 Å². The molecule has 1 N–H and O–H groups in total. The number of benzene rings is 1. The molecule has 0 aliphatic carbocycles. The SMILES string of the molecule is CCOC(=O)C1CC(C(=O)Nc2ccc(C#N)c(C(F)(F)F)c2)(C(F)(F)F)N=N1. The van der Waals surface area contributed by atoms with Crippen molar-refractivity contribution in [2.24, 2.45) is 10.2 Å². The topological polar surface area (TPSA) is 104 Å². The van der Waals surface area contributed by atoms with Crippen molar-refractivity contribution in [3.05, 3.63) is 29.3 Å². The molecule has 1 aliphatic heterocycles. The maximum Gasteiger partial charge on any atom is 0.424 e. The van der Waals surface area contributed by atoms with Crippen molar-refractivity contribution >= 4 is 17.6 Å². The van der Waals surface area contributed by atoms with Crippen LogP contribution >= 0.6 is 0 Å². The lowest BCUT2D eigenvalue weighted by Crippen LogP contribution is -2.53. The quantitative estimate of drug-likeness (QED) is 0.591. The first-order valence-corrected chi connectivity index (χ1v) is 7.94. The summed E-state index contributed by atoms with van der Waals surface area (Å²) in [6.45, 7) is 1.28. The van der Waals surface area contributed by atoms with Crippen molar-refractivity contribution < 1.29 is 40.7 Å². The molecule has 1 heterocycles. The largest absolute Gasteiger partial charge is 0.464 e. The summed E-state index contributed by atoms with van der Waals surface area (Å²) >= 11 is 0. The molecule has 2 rings (SSSR count). The van der Waals surface area contributed by atoms with Crippen LogP contribution in [0.3, 0.4) is 0 Å². The predicted octanol–water partition coefficient (Wildman–Crippen LogP) is 3.60. The van der Waals surface area contributed by atoms with Gasteiger partial charge in [0.05, 0.1) is 23.8 Å². The van der Waals surface area contributed by atoms with E-state index in [0.29, 0.717) is 12.1 Å². The molecule has 0 bridgehead atoms. The zero-order valence-electron chi connectivity index (χ0n) is 14.6. The van der Waals surface area contributed by atoms with Crippen molar-refractivity contribution in [1.82, 2.24) is 0 Å². The Kier molecular flexibility index (Phi) is 5.86. The van der Waals surface area contributed by atoms with Crippen molar-refractivity contribution in [1.29, 1.82) is 5.26 Å². The minimum atomic E-state index is -5.29. The normalized spacial score (nSPS) is 21.5. The summed E-state index contributed by atoms with van der Waals surface area (Å²) in [6.07, 6.45) is -11.5. The van der Waals surface area contributed by atoms with Crippen molar-refractivity contribution in [3.63, 3.8) is 0 Å². The molecule has 0 spiro atoms. The van der Waals surface area contributed by atoms with Gasteiger partial charge in [0.1, 0.15) is 0 Å². The van der Waals surface area contributed by atoms with Gasteiger partial charge in [-0.15, -0.1) is 0 Å². The molecule has 1 amide bonds. The van der Waals surface area contributed by atoms with Crippen LogP contribution in [0, 0.1) is 11.3 Å². The monoisotopic (exact) mass is 422 g/mol. The highest BCUT2D eigenvalue weighted by molar-refractivity contribution is 6.00. The number of amides is 1. The highest BCUT2D eigenvalue weighted by atomic mass is 19.4. The number of azo groups is 1. The Morgan fingerprint density at radius 2 is 1.97 bits per heavy atom. The highest BCUT2D eigenvalue weighted by Crippen LogP contribution is 2.43. The fraction of sp³-hybridized carbons (Fsp3) is 0.438. The third kappa shape index (κ3) is 4.30. The third-order valence-electron chi connectivity index (χ3n) is 3.96. The number of ether oxygens (including phenoxy) is 1. The number of nitriles is 1. The lowest BCUT2D eigenvalue weighted by molar-refractivity contribution is -0.188. The smallest absolute Gasteiger partial charge is 0.424 e. The van der Waals surface area contributed by atoms with Crippen LogP contribution in [0.1, 0.15) is 24.5 Å². The second-order valence-corrected chi connectivity index (χ2v) is 5.87. The van der Waals surface area contributed by atoms with Gasteiger partial charge in [-0.2, -0.15) is 41.8 Å². The van der Waals surface area contributed by atoms with Gasteiger partial charge in [0, 0.05) is 12.1 Å². The van der Waals surface area contributed by atoms with Gasteiger partial charge in [0.15, 0.2) is 6.04 Å². The number of carbonyl (C=O) groups is 2. The molecule has 29 heavy (non-hydrogen) atoms. The van der Waals surface area contributed by atoms with E-state index < -0.39 is 59.0 Å². The molecule has 0 radical (unpaired) electrons. The van der Waals surface area contributed by atoms with Crippen molar-refractivity contribution in [2.45, 2.75) is 37.3 Å². The summed E-state index contributed by atoms with van der Waals surface area (Å²) in [7, 11) is 0. The number of nitrogens with one attached hydrogen (secondary N) is 1. The molecule has 13 heteroatoms. The number of rotatable bonds is 4. The van der Waals surface area contributed by atoms with Crippen LogP contribution in [0.4, 0.5) is 32.0 Å². The molecule has 2 atom stereocenters. The zero-order valence-corrected chi connectivity index (χ0v) is 14.6. The molecule has 1 aromatic rings. The van der Waals surface area contributed by atoms with E-state index in [2.05, 4.69) is 15.0 Å². The molecule has 2 unspecified atom stereocenters. The highest BCUT2D eigenvalue weighted by Gasteiger charge is 2.65. The maximum absolute atomic E-state index is 13.6. The van der Waals surface area contributed by atoms with E-state index in [1.54, 1.807) is 5.32 Å². The van der Waals surface area contributed by atoms with Crippen LogP contribution in [-0.2, 0) is 20.5 Å². The molecule has 1 aliphatic rings. The summed E-state index contributed by atoms with van der Waals surface area (Å²) in [6, 6.07) is 1.49. The molecule has 156 valence electrons. The Labute approximate surface area is 159 Å². The average molecular weight is 422 g/mol. The summed E-state index contributed by atoms with van der Waals surface area (Å²) in [4.78, 5) is 24.0. The number of anilines is 1. The van der Waals surface area contributed by atoms with Crippen LogP contribution in [0.2, 0.25) is 0 Å². The molecular formula is C16H12F6N4O3. The number of esters is 1. The average Bonchev–Trinajstić information content (AvgIpc) is 3.08. The summed E-state index contributed by atoms with van der Waals surface area (Å²) < 4.78 is 84.3. The predicted molar refractivity (Wildman–Crippen MR) is 83.5 cm³/mol. The Morgan fingerprint density at radius 1 is 1.31 bits per heavy atom.